The number of aliphatic hydroxyl groups is 1. The Morgan fingerprint density at radius 3 is 2.42 bits per heavy atom. The van der Waals surface area contributed by atoms with Crippen molar-refractivity contribution in [2.75, 3.05) is 32.8 Å². The lowest BCUT2D eigenvalue weighted by atomic mass is 10.0. The molecule has 2 aromatic carbocycles. The highest BCUT2D eigenvalue weighted by Crippen LogP contribution is 2.32. The molecule has 0 aliphatic carbocycles. The van der Waals surface area contributed by atoms with Crippen molar-refractivity contribution >= 4 is 24.0 Å². The molecule has 0 aromatic heterocycles. The second-order valence-electron chi connectivity index (χ2n) is 6.13. The Balaban J connectivity index is 0.00000338. The molecular weight excluding hydrogens is 369 g/mol. The van der Waals surface area contributed by atoms with E-state index in [1.165, 1.54) is 6.42 Å². The Hall–Kier alpha value is -1.26. The molecule has 0 fully saturated rings. The molecule has 144 valence electrons. The van der Waals surface area contributed by atoms with Crippen molar-refractivity contribution in [2.24, 2.45) is 0 Å². The number of aliphatic hydroxyl groups excluding tert-OH is 1. The van der Waals surface area contributed by atoms with Gasteiger partial charge in [0, 0.05) is 23.7 Å². The predicted molar refractivity (Wildman–Crippen MR) is 113 cm³/mol. The highest BCUT2D eigenvalue weighted by atomic mass is 35.5. The van der Waals surface area contributed by atoms with Crippen molar-refractivity contribution in [1.29, 1.82) is 0 Å². The van der Waals surface area contributed by atoms with Gasteiger partial charge in [0.1, 0.15) is 5.75 Å². The summed E-state index contributed by atoms with van der Waals surface area (Å²) in [6.07, 6.45) is 3.26. The monoisotopic (exact) mass is 397 g/mol. The largest absolute Gasteiger partial charge is 0.493 e. The van der Waals surface area contributed by atoms with Gasteiger partial charge in [0.25, 0.3) is 0 Å². The SMILES string of the molecule is CCCCN(CCO)CCCOc1ccc(Cl)cc1-c1ccccc1.Cl. The summed E-state index contributed by atoms with van der Waals surface area (Å²) in [7, 11) is 0. The molecule has 0 amide bonds. The highest BCUT2D eigenvalue weighted by molar-refractivity contribution is 6.31. The van der Waals surface area contributed by atoms with Gasteiger partial charge in [-0.05, 0) is 43.1 Å². The van der Waals surface area contributed by atoms with Crippen LogP contribution in [-0.2, 0) is 0 Å². The molecule has 1 N–H and O–H groups in total. The van der Waals surface area contributed by atoms with Gasteiger partial charge in [-0.25, -0.2) is 0 Å². The second kappa shape index (κ2) is 13.0. The fraction of sp³-hybridized carbons (Fsp3) is 0.429. The van der Waals surface area contributed by atoms with E-state index in [1.807, 2.05) is 36.4 Å². The summed E-state index contributed by atoms with van der Waals surface area (Å²) in [5, 5.41) is 9.88. The van der Waals surface area contributed by atoms with Crippen LogP contribution < -0.4 is 4.74 Å². The zero-order valence-electron chi connectivity index (χ0n) is 15.4. The van der Waals surface area contributed by atoms with Gasteiger partial charge in [-0.1, -0.05) is 55.3 Å². The van der Waals surface area contributed by atoms with Crippen LogP contribution in [0.1, 0.15) is 26.2 Å². The van der Waals surface area contributed by atoms with Gasteiger partial charge in [-0.3, -0.25) is 0 Å². The van der Waals surface area contributed by atoms with E-state index >= 15 is 0 Å². The molecule has 0 spiro atoms. The number of benzene rings is 2. The minimum Gasteiger partial charge on any atom is -0.493 e. The third-order valence-corrected chi connectivity index (χ3v) is 4.38. The van der Waals surface area contributed by atoms with Gasteiger partial charge in [-0.2, -0.15) is 0 Å². The lowest BCUT2D eigenvalue weighted by molar-refractivity contribution is 0.181. The van der Waals surface area contributed by atoms with Gasteiger partial charge in [0.15, 0.2) is 0 Å². The number of halogens is 2. The molecule has 2 rings (SSSR count). The summed E-state index contributed by atoms with van der Waals surface area (Å²) >= 11 is 6.17. The minimum absolute atomic E-state index is 0. The number of nitrogens with zero attached hydrogens (tertiary/aromatic N) is 1. The highest BCUT2D eigenvalue weighted by Gasteiger charge is 2.08. The van der Waals surface area contributed by atoms with Crippen molar-refractivity contribution < 1.29 is 9.84 Å². The maximum absolute atomic E-state index is 9.17. The fourth-order valence-corrected chi connectivity index (χ4v) is 2.97. The molecule has 0 radical (unpaired) electrons. The minimum atomic E-state index is 0. The molecular formula is C21H29Cl2NO2. The Kier molecular flexibility index (Phi) is 11.4. The van der Waals surface area contributed by atoms with E-state index in [1.54, 1.807) is 0 Å². The smallest absolute Gasteiger partial charge is 0.127 e. The Labute approximate surface area is 168 Å². The van der Waals surface area contributed by atoms with Crippen molar-refractivity contribution in [3.05, 3.63) is 53.6 Å². The molecule has 2 aromatic rings. The molecule has 0 heterocycles. The maximum atomic E-state index is 9.17. The van der Waals surface area contributed by atoms with Gasteiger partial charge in [0.2, 0.25) is 0 Å². The van der Waals surface area contributed by atoms with Gasteiger partial charge in [-0.15, -0.1) is 12.4 Å². The second-order valence-corrected chi connectivity index (χ2v) is 6.56. The molecule has 0 aliphatic heterocycles. The quantitative estimate of drug-likeness (QED) is 0.522. The van der Waals surface area contributed by atoms with Crippen LogP contribution in [-0.4, -0.2) is 42.9 Å². The number of hydrogen-bond acceptors (Lipinski definition) is 3. The van der Waals surface area contributed by atoms with Crippen LogP contribution in [0.15, 0.2) is 48.5 Å². The average Bonchev–Trinajstić information content (AvgIpc) is 2.64. The van der Waals surface area contributed by atoms with E-state index < -0.39 is 0 Å². The van der Waals surface area contributed by atoms with E-state index in [2.05, 4.69) is 24.0 Å². The molecule has 0 saturated carbocycles. The lowest BCUT2D eigenvalue weighted by Gasteiger charge is -2.21. The molecule has 0 atom stereocenters. The Bertz CT molecular complexity index is 623. The Morgan fingerprint density at radius 1 is 1.00 bits per heavy atom. The summed E-state index contributed by atoms with van der Waals surface area (Å²) in [6, 6.07) is 15.9. The molecule has 5 heteroatoms. The van der Waals surface area contributed by atoms with Crippen LogP contribution in [0.25, 0.3) is 11.1 Å². The van der Waals surface area contributed by atoms with Crippen LogP contribution in [0, 0.1) is 0 Å². The third-order valence-electron chi connectivity index (χ3n) is 4.15. The summed E-state index contributed by atoms with van der Waals surface area (Å²) in [5.74, 6) is 0.859. The molecule has 26 heavy (non-hydrogen) atoms. The van der Waals surface area contributed by atoms with Crippen LogP contribution in [0.5, 0.6) is 5.75 Å². The Morgan fingerprint density at radius 2 is 1.73 bits per heavy atom. The van der Waals surface area contributed by atoms with E-state index in [0.717, 1.165) is 49.4 Å². The summed E-state index contributed by atoms with van der Waals surface area (Å²) in [4.78, 5) is 2.30. The molecule has 0 unspecified atom stereocenters. The van der Waals surface area contributed by atoms with Crippen LogP contribution in [0.3, 0.4) is 0 Å². The predicted octanol–water partition coefficient (Wildman–Crippen LogP) is 5.29. The lowest BCUT2D eigenvalue weighted by Crippen LogP contribution is -2.30. The zero-order chi connectivity index (χ0) is 17.9. The van der Waals surface area contributed by atoms with Crippen molar-refractivity contribution in [1.82, 2.24) is 4.90 Å². The van der Waals surface area contributed by atoms with Gasteiger partial charge in [0.05, 0.1) is 13.2 Å². The standard InChI is InChI=1S/C21H28ClNO2.ClH/c1-2-3-12-23(14-15-24)13-7-16-25-21-11-10-19(22)17-20(21)18-8-5-4-6-9-18;/h4-6,8-11,17,24H,2-3,7,12-16H2,1H3;1H. The van der Waals surface area contributed by atoms with E-state index in [9.17, 15) is 5.11 Å². The summed E-state index contributed by atoms with van der Waals surface area (Å²) in [6.45, 7) is 5.75. The fourth-order valence-electron chi connectivity index (χ4n) is 2.80. The first-order valence-corrected chi connectivity index (χ1v) is 9.43. The van der Waals surface area contributed by atoms with E-state index in [0.29, 0.717) is 11.6 Å². The first kappa shape index (κ1) is 22.8. The molecule has 0 saturated heterocycles. The van der Waals surface area contributed by atoms with Crippen LogP contribution in [0.2, 0.25) is 5.02 Å². The van der Waals surface area contributed by atoms with Crippen LogP contribution in [0.4, 0.5) is 0 Å². The number of hydrogen-bond donors (Lipinski definition) is 1. The van der Waals surface area contributed by atoms with Crippen molar-refractivity contribution in [3.63, 3.8) is 0 Å². The average molecular weight is 398 g/mol. The number of unbranched alkanes of at least 4 members (excludes halogenated alkanes) is 1. The first-order valence-electron chi connectivity index (χ1n) is 9.05. The first-order chi connectivity index (χ1) is 12.2. The number of ether oxygens (including phenoxy) is 1. The molecule has 3 nitrogen and oxygen atoms in total. The van der Waals surface area contributed by atoms with E-state index in [4.69, 9.17) is 16.3 Å². The van der Waals surface area contributed by atoms with Gasteiger partial charge < -0.3 is 14.7 Å². The van der Waals surface area contributed by atoms with Gasteiger partial charge >= 0.3 is 0 Å². The molecule has 0 bridgehead atoms. The zero-order valence-corrected chi connectivity index (χ0v) is 16.9. The summed E-state index contributed by atoms with van der Waals surface area (Å²) < 4.78 is 6.03. The van der Waals surface area contributed by atoms with Crippen molar-refractivity contribution in [3.8, 4) is 16.9 Å². The normalized spacial score (nSPS) is 10.6. The number of rotatable bonds is 11. The maximum Gasteiger partial charge on any atom is 0.127 e. The molecule has 0 aliphatic rings. The van der Waals surface area contributed by atoms with Crippen LogP contribution >= 0.6 is 24.0 Å². The topological polar surface area (TPSA) is 32.7 Å². The van der Waals surface area contributed by atoms with E-state index in [-0.39, 0.29) is 19.0 Å². The summed E-state index contributed by atoms with van der Waals surface area (Å²) in [5.41, 5.74) is 2.12. The van der Waals surface area contributed by atoms with Crippen molar-refractivity contribution in [2.45, 2.75) is 26.2 Å². The third kappa shape index (κ3) is 7.55.